The Hall–Kier alpha value is -2.78. The summed E-state index contributed by atoms with van der Waals surface area (Å²) in [5, 5.41) is 7.57. The van der Waals surface area contributed by atoms with Crippen molar-refractivity contribution in [2.75, 3.05) is 19.6 Å². The van der Waals surface area contributed by atoms with E-state index in [1.165, 1.54) is 34.7 Å². The summed E-state index contributed by atoms with van der Waals surface area (Å²) in [6.07, 6.45) is 1.01. The van der Waals surface area contributed by atoms with Crippen molar-refractivity contribution >= 4 is 29.2 Å². The maximum absolute atomic E-state index is 13.2. The normalized spacial score (nSPS) is 22.2. The molecular formula is C22H25FN4O3S. The number of thiophene rings is 1. The van der Waals surface area contributed by atoms with Crippen LogP contribution in [-0.4, -0.2) is 53.3 Å². The molecule has 9 heteroatoms. The Balaban J connectivity index is 1.32. The Bertz CT molecular complexity index is 1010. The molecule has 0 spiro atoms. The van der Waals surface area contributed by atoms with Crippen LogP contribution in [0, 0.1) is 5.82 Å². The zero-order valence-electron chi connectivity index (χ0n) is 17.5. The van der Waals surface area contributed by atoms with Crippen LogP contribution in [-0.2, 0) is 28.1 Å². The van der Waals surface area contributed by atoms with E-state index in [9.17, 15) is 18.8 Å². The number of nitrogens with one attached hydrogen (secondary N) is 2. The summed E-state index contributed by atoms with van der Waals surface area (Å²) in [7, 11) is 0. The topological polar surface area (TPSA) is 81.8 Å². The molecule has 4 rings (SSSR count). The van der Waals surface area contributed by atoms with Gasteiger partial charge in [0.1, 0.15) is 17.9 Å². The molecule has 2 atom stereocenters. The molecule has 1 fully saturated rings. The van der Waals surface area contributed by atoms with Gasteiger partial charge in [0.25, 0.3) is 5.91 Å². The molecule has 31 heavy (non-hydrogen) atoms. The van der Waals surface area contributed by atoms with Crippen molar-refractivity contribution in [2.45, 2.75) is 38.4 Å². The summed E-state index contributed by atoms with van der Waals surface area (Å²) in [6.45, 7) is 5.47. The molecule has 2 aromatic rings. The van der Waals surface area contributed by atoms with Crippen LogP contribution in [0.2, 0.25) is 0 Å². The van der Waals surface area contributed by atoms with Crippen LogP contribution in [0.3, 0.4) is 0 Å². The van der Waals surface area contributed by atoms with Crippen molar-refractivity contribution in [3.63, 3.8) is 0 Å². The Morgan fingerprint density at radius 1 is 1.29 bits per heavy atom. The first-order chi connectivity index (χ1) is 14.8. The molecule has 7 nitrogen and oxygen atoms in total. The Kier molecular flexibility index (Phi) is 5.81. The van der Waals surface area contributed by atoms with Gasteiger partial charge in [0.05, 0.1) is 0 Å². The number of hydrogen-bond donors (Lipinski definition) is 2. The molecule has 1 aromatic carbocycles. The van der Waals surface area contributed by atoms with E-state index >= 15 is 0 Å². The van der Waals surface area contributed by atoms with Crippen molar-refractivity contribution in [3.05, 3.63) is 57.5 Å². The summed E-state index contributed by atoms with van der Waals surface area (Å²) >= 11 is 1.78. The summed E-state index contributed by atoms with van der Waals surface area (Å²) in [6, 6.07) is 7.01. The minimum absolute atomic E-state index is 0.129. The highest BCUT2D eigenvalue weighted by Crippen LogP contribution is 2.29. The van der Waals surface area contributed by atoms with Crippen LogP contribution in [0.5, 0.6) is 0 Å². The fourth-order valence-corrected chi connectivity index (χ4v) is 4.95. The van der Waals surface area contributed by atoms with E-state index in [4.69, 9.17) is 0 Å². The third-order valence-electron chi connectivity index (χ3n) is 6.05. The quantitative estimate of drug-likeness (QED) is 0.670. The molecule has 1 saturated heterocycles. The number of halogens is 1. The third kappa shape index (κ3) is 4.20. The van der Waals surface area contributed by atoms with Crippen molar-refractivity contribution in [1.29, 1.82) is 0 Å². The van der Waals surface area contributed by atoms with E-state index in [-0.39, 0.29) is 12.6 Å². The fraction of sp³-hybridized carbons (Fsp3) is 0.409. The molecule has 1 aromatic heterocycles. The highest BCUT2D eigenvalue weighted by atomic mass is 32.1. The highest BCUT2D eigenvalue weighted by Gasteiger charge is 2.49. The van der Waals surface area contributed by atoms with Crippen molar-refractivity contribution in [2.24, 2.45) is 0 Å². The van der Waals surface area contributed by atoms with Gasteiger partial charge in [-0.3, -0.25) is 19.4 Å². The van der Waals surface area contributed by atoms with Crippen LogP contribution in [0.4, 0.5) is 9.18 Å². The van der Waals surface area contributed by atoms with E-state index in [0.717, 1.165) is 24.4 Å². The number of fused-ring (bicyclic) bond motifs is 1. The summed E-state index contributed by atoms with van der Waals surface area (Å²) < 4.78 is 13.2. The maximum atomic E-state index is 13.2. The SMILES string of the molecule is CC(CNC(=O)CN1C(=O)NC(C)(c2ccc(F)cc2)C1=O)N1CCc2sccc2C1. The monoisotopic (exact) mass is 444 g/mol. The van der Waals surface area contributed by atoms with E-state index in [1.807, 2.05) is 0 Å². The van der Waals surface area contributed by atoms with Gasteiger partial charge < -0.3 is 10.6 Å². The summed E-state index contributed by atoms with van der Waals surface area (Å²) in [5.41, 5.74) is 0.472. The van der Waals surface area contributed by atoms with Crippen LogP contribution < -0.4 is 10.6 Å². The molecule has 2 N–H and O–H groups in total. The van der Waals surface area contributed by atoms with Gasteiger partial charge in [0.2, 0.25) is 5.91 Å². The lowest BCUT2D eigenvalue weighted by atomic mass is 9.92. The average molecular weight is 445 g/mol. The van der Waals surface area contributed by atoms with E-state index in [0.29, 0.717) is 12.1 Å². The number of hydrogen-bond acceptors (Lipinski definition) is 5. The predicted octanol–water partition coefficient (Wildman–Crippen LogP) is 2.22. The molecule has 0 bridgehead atoms. The molecule has 0 radical (unpaired) electrons. The lowest BCUT2D eigenvalue weighted by Gasteiger charge is -2.32. The minimum atomic E-state index is -1.33. The number of rotatable bonds is 6. The molecular weight excluding hydrogens is 419 g/mol. The second-order valence-corrected chi connectivity index (χ2v) is 9.20. The van der Waals surface area contributed by atoms with E-state index in [1.54, 1.807) is 18.3 Å². The van der Waals surface area contributed by atoms with Gasteiger partial charge >= 0.3 is 6.03 Å². The Labute approximate surface area is 184 Å². The molecule has 0 saturated carbocycles. The van der Waals surface area contributed by atoms with Crippen LogP contribution >= 0.6 is 11.3 Å². The van der Waals surface area contributed by atoms with Gasteiger partial charge in [-0.2, -0.15) is 0 Å². The van der Waals surface area contributed by atoms with Crippen LogP contribution in [0.1, 0.15) is 29.9 Å². The first-order valence-corrected chi connectivity index (χ1v) is 11.1. The minimum Gasteiger partial charge on any atom is -0.353 e. The van der Waals surface area contributed by atoms with E-state index in [2.05, 4.69) is 33.9 Å². The third-order valence-corrected chi connectivity index (χ3v) is 7.08. The molecule has 0 aliphatic carbocycles. The maximum Gasteiger partial charge on any atom is 0.325 e. The Morgan fingerprint density at radius 2 is 2.03 bits per heavy atom. The number of urea groups is 1. The second kappa shape index (κ2) is 8.39. The van der Waals surface area contributed by atoms with Crippen LogP contribution in [0.25, 0.3) is 0 Å². The van der Waals surface area contributed by atoms with Crippen molar-refractivity contribution in [1.82, 2.24) is 20.4 Å². The number of imide groups is 1. The lowest BCUT2D eigenvalue weighted by molar-refractivity contribution is -0.134. The summed E-state index contributed by atoms with van der Waals surface area (Å²) in [5.74, 6) is -1.36. The van der Waals surface area contributed by atoms with Gasteiger partial charge in [-0.1, -0.05) is 12.1 Å². The standard InChI is InChI=1S/C22H25FN4O3S/c1-14(26-9-7-18-15(12-26)8-10-31-18)11-24-19(28)13-27-20(29)22(2,25-21(27)30)16-3-5-17(23)6-4-16/h3-6,8,10,14H,7,9,11-13H2,1-2H3,(H,24,28)(H,25,30). The second-order valence-electron chi connectivity index (χ2n) is 8.20. The zero-order chi connectivity index (χ0) is 22.2. The first-order valence-electron chi connectivity index (χ1n) is 10.2. The van der Waals surface area contributed by atoms with Crippen molar-refractivity contribution in [3.8, 4) is 0 Å². The molecule has 2 unspecified atom stereocenters. The molecule has 2 aliphatic heterocycles. The number of amides is 4. The van der Waals surface area contributed by atoms with Gasteiger partial charge in [-0.05, 0) is 55.0 Å². The van der Waals surface area contributed by atoms with E-state index < -0.39 is 29.2 Å². The molecule has 164 valence electrons. The first kappa shape index (κ1) is 21.5. The summed E-state index contributed by atoms with van der Waals surface area (Å²) in [4.78, 5) is 42.4. The number of nitrogens with zero attached hydrogens (tertiary/aromatic N) is 2. The largest absolute Gasteiger partial charge is 0.353 e. The molecule has 2 aliphatic rings. The number of carbonyl (C=O) groups is 3. The molecule has 4 amide bonds. The number of benzene rings is 1. The molecule has 3 heterocycles. The van der Waals surface area contributed by atoms with Gasteiger partial charge in [-0.25, -0.2) is 9.18 Å². The zero-order valence-corrected chi connectivity index (χ0v) is 18.3. The smallest absolute Gasteiger partial charge is 0.325 e. The average Bonchev–Trinajstić information content (AvgIpc) is 3.30. The Morgan fingerprint density at radius 3 is 2.77 bits per heavy atom. The fourth-order valence-electron chi connectivity index (χ4n) is 4.06. The van der Waals surface area contributed by atoms with Gasteiger partial charge in [0, 0.05) is 30.6 Å². The highest BCUT2D eigenvalue weighted by molar-refractivity contribution is 7.10. The van der Waals surface area contributed by atoms with Crippen LogP contribution in [0.15, 0.2) is 35.7 Å². The van der Waals surface area contributed by atoms with Crippen molar-refractivity contribution < 1.29 is 18.8 Å². The number of carbonyl (C=O) groups excluding carboxylic acids is 3. The van der Waals surface area contributed by atoms with Gasteiger partial charge in [-0.15, -0.1) is 11.3 Å². The lowest BCUT2D eigenvalue weighted by Crippen LogP contribution is -2.47. The van der Waals surface area contributed by atoms with Gasteiger partial charge in [0.15, 0.2) is 0 Å². The predicted molar refractivity (Wildman–Crippen MR) is 115 cm³/mol.